The van der Waals surface area contributed by atoms with E-state index in [1.54, 1.807) is 25.1 Å². The molecule has 0 bridgehead atoms. The first kappa shape index (κ1) is 11.2. The molecule has 0 heterocycles. The van der Waals surface area contributed by atoms with E-state index in [-0.39, 0.29) is 0 Å². The molecule has 0 saturated carbocycles. The van der Waals surface area contributed by atoms with Gasteiger partial charge in [0.15, 0.2) is 6.10 Å². The van der Waals surface area contributed by atoms with Crippen molar-refractivity contribution >= 4 is 21.9 Å². The van der Waals surface area contributed by atoms with Gasteiger partial charge in [-0.1, -0.05) is 28.1 Å². The molecule has 4 heteroatoms. The van der Waals surface area contributed by atoms with Gasteiger partial charge < -0.3 is 9.84 Å². The number of carboxylic acid groups (broad SMARTS) is 1. The Morgan fingerprint density at radius 2 is 2.36 bits per heavy atom. The molecule has 0 spiro atoms. The van der Waals surface area contributed by atoms with Crippen molar-refractivity contribution in [1.82, 2.24) is 0 Å². The fraction of sp³-hybridized carbons (Fsp3) is 0.300. The van der Waals surface area contributed by atoms with Gasteiger partial charge in [0.1, 0.15) is 0 Å². The van der Waals surface area contributed by atoms with Crippen molar-refractivity contribution in [3.63, 3.8) is 0 Å². The number of halogens is 1. The Bertz CT molecular complexity index is 325. The van der Waals surface area contributed by atoms with E-state index in [4.69, 9.17) is 9.84 Å². The molecule has 3 nitrogen and oxygen atoms in total. The summed E-state index contributed by atoms with van der Waals surface area (Å²) in [5.74, 6) is -0.968. The molecule has 0 amide bonds. The summed E-state index contributed by atoms with van der Waals surface area (Å²) in [6.07, 6.45) is -0.877. The minimum absolute atomic E-state index is 0.378. The standard InChI is InChI=1S/C10H11BrO3/c1-2-14-9(10(12)13)7-4-3-5-8(11)6-7/h3-6,9H,2H2,1H3,(H,12,13). The first-order valence-corrected chi connectivity index (χ1v) is 5.04. The molecule has 0 aromatic heterocycles. The molecule has 76 valence electrons. The summed E-state index contributed by atoms with van der Waals surface area (Å²) in [4.78, 5) is 10.9. The lowest BCUT2D eigenvalue weighted by molar-refractivity contribution is -0.150. The average Bonchev–Trinajstić information content (AvgIpc) is 2.13. The number of rotatable bonds is 4. The number of benzene rings is 1. The Morgan fingerprint density at radius 1 is 1.64 bits per heavy atom. The van der Waals surface area contributed by atoms with Gasteiger partial charge in [-0.15, -0.1) is 0 Å². The maximum atomic E-state index is 10.9. The monoisotopic (exact) mass is 258 g/mol. The lowest BCUT2D eigenvalue weighted by Crippen LogP contribution is -2.15. The predicted molar refractivity (Wildman–Crippen MR) is 56.1 cm³/mol. The van der Waals surface area contributed by atoms with Crippen LogP contribution in [0.5, 0.6) is 0 Å². The maximum absolute atomic E-state index is 10.9. The topological polar surface area (TPSA) is 46.5 Å². The van der Waals surface area contributed by atoms with Crippen molar-refractivity contribution in [2.75, 3.05) is 6.61 Å². The molecule has 1 atom stereocenters. The smallest absolute Gasteiger partial charge is 0.337 e. The van der Waals surface area contributed by atoms with Crippen LogP contribution in [0.4, 0.5) is 0 Å². The number of hydrogen-bond acceptors (Lipinski definition) is 2. The first-order valence-electron chi connectivity index (χ1n) is 4.25. The molecular weight excluding hydrogens is 248 g/mol. The third kappa shape index (κ3) is 2.82. The predicted octanol–water partition coefficient (Wildman–Crippen LogP) is 2.61. The number of hydrogen-bond donors (Lipinski definition) is 1. The van der Waals surface area contributed by atoms with Crippen molar-refractivity contribution < 1.29 is 14.6 Å². The molecule has 1 rings (SSSR count). The largest absolute Gasteiger partial charge is 0.479 e. The summed E-state index contributed by atoms with van der Waals surface area (Å²) < 4.78 is 5.97. The third-order valence-electron chi connectivity index (χ3n) is 1.71. The molecule has 0 radical (unpaired) electrons. The molecule has 14 heavy (non-hydrogen) atoms. The van der Waals surface area contributed by atoms with Crippen LogP contribution in [0, 0.1) is 0 Å². The average molecular weight is 259 g/mol. The van der Waals surface area contributed by atoms with Crippen LogP contribution in [-0.4, -0.2) is 17.7 Å². The van der Waals surface area contributed by atoms with E-state index in [2.05, 4.69) is 15.9 Å². The van der Waals surface area contributed by atoms with E-state index in [1.807, 2.05) is 6.07 Å². The molecule has 1 aromatic carbocycles. The van der Waals surface area contributed by atoms with Gasteiger partial charge in [0.05, 0.1) is 0 Å². The maximum Gasteiger partial charge on any atom is 0.337 e. The van der Waals surface area contributed by atoms with E-state index in [1.165, 1.54) is 0 Å². The minimum atomic E-state index is -0.968. The normalized spacial score (nSPS) is 12.4. The fourth-order valence-electron chi connectivity index (χ4n) is 1.15. The number of carbonyl (C=O) groups is 1. The summed E-state index contributed by atoms with van der Waals surface area (Å²) >= 11 is 3.28. The van der Waals surface area contributed by atoms with Gasteiger partial charge >= 0.3 is 5.97 Å². The van der Waals surface area contributed by atoms with E-state index >= 15 is 0 Å². The van der Waals surface area contributed by atoms with Crippen LogP contribution in [0.2, 0.25) is 0 Å². The zero-order chi connectivity index (χ0) is 10.6. The summed E-state index contributed by atoms with van der Waals surface area (Å²) in [7, 11) is 0. The lowest BCUT2D eigenvalue weighted by Gasteiger charge is -2.12. The number of carboxylic acids is 1. The Balaban J connectivity index is 2.93. The van der Waals surface area contributed by atoms with Crippen LogP contribution in [0.15, 0.2) is 28.7 Å². The van der Waals surface area contributed by atoms with Gasteiger partial charge in [-0.3, -0.25) is 0 Å². The van der Waals surface area contributed by atoms with Crippen molar-refractivity contribution in [2.45, 2.75) is 13.0 Å². The SMILES string of the molecule is CCOC(C(=O)O)c1cccc(Br)c1. The van der Waals surface area contributed by atoms with Crippen molar-refractivity contribution in [2.24, 2.45) is 0 Å². The first-order chi connectivity index (χ1) is 6.65. The van der Waals surface area contributed by atoms with Gasteiger partial charge in [0, 0.05) is 11.1 Å². The van der Waals surface area contributed by atoms with Crippen molar-refractivity contribution in [3.8, 4) is 0 Å². The molecule has 1 N–H and O–H groups in total. The van der Waals surface area contributed by atoms with Crippen LogP contribution >= 0.6 is 15.9 Å². The molecule has 0 fully saturated rings. The second-order valence-electron chi connectivity index (χ2n) is 2.73. The Kier molecular flexibility index (Phi) is 4.10. The molecule has 1 aromatic rings. The number of aliphatic carboxylic acids is 1. The zero-order valence-corrected chi connectivity index (χ0v) is 9.32. The molecule has 0 aliphatic carbocycles. The number of ether oxygens (including phenoxy) is 1. The van der Waals surface area contributed by atoms with Gasteiger partial charge in [-0.05, 0) is 24.6 Å². The Hall–Kier alpha value is -0.870. The highest BCUT2D eigenvalue weighted by Gasteiger charge is 2.19. The van der Waals surface area contributed by atoms with Crippen LogP contribution in [-0.2, 0) is 9.53 Å². The van der Waals surface area contributed by atoms with Crippen LogP contribution in [0.1, 0.15) is 18.6 Å². The van der Waals surface area contributed by atoms with Crippen LogP contribution in [0.3, 0.4) is 0 Å². The quantitative estimate of drug-likeness (QED) is 0.903. The summed E-state index contributed by atoms with van der Waals surface area (Å²) in [5, 5.41) is 8.91. The molecule has 0 saturated heterocycles. The Morgan fingerprint density at radius 3 is 2.86 bits per heavy atom. The van der Waals surface area contributed by atoms with Gasteiger partial charge in [0.2, 0.25) is 0 Å². The van der Waals surface area contributed by atoms with Crippen LogP contribution < -0.4 is 0 Å². The Labute approximate surface area is 90.8 Å². The van der Waals surface area contributed by atoms with E-state index in [0.29, 0.717) is 12.2 Å². The highest BCUT2D eigenvalue weighted by atomic mass is 79.9. The molecular formula is C10H11BrO3. The van der Waals surface area contributed by atoms with Gasteiger partial charge in [0.25, 0.3) is 0 Å². The molecule has 0 aliphatic heterocycles. The lowest BCUT2D eigenvalue weighted by atomic mass is 10.1. The van der Waals surface area contributed by atoms with Crippen molar-refractivity contribution in [3.05, 3.63) is 34.3 Å². The van der Waals surface area contributed by atoms with Gasteiger partial charge in [-0.2, -0.15) is 0 Å². The minimum Gasteiger partial charge on any atom is -0.479 e. The van der Waals surface area contributed by atoms with Gasteiger partial charge in [-0.25, -0.2) is 4.79 Å². The highest BCUT2D eigenvalue weighted by Crippen LogP contribution is 2.21. The van der Waals surface area contributed by atoms with E-state index in [0.717, 1.165) is 4.47 Å². The van der Waals surface area contributed by atoms with Crippen LogP contribution in [0.25, 0.3) is 0 Å². The summed E-state index contributed by atoms with van der Waals surface area (Å²) in [6.45, 7) is 2.15. The molecule has 1 unspecified atom stereocenters. The van der Waals surface area contributed by atoms with E-state index in [9.17, 15) is 4.79 Å². The third-order valence-corrected chi connectivity index (χ3v) is 2.20. The second kappa shape index (κ2) is 5.12. The summed E-state index contributed by atoms with van der Waals surface area (Å²) in [6, 6.07) is 7.11. The summed E-state index contributed by atoms with van der Waals surface area (Å²) in [5.41, 5.74) is 0.647. The second-order valence-corrected chi connectivity index (χ2v) is 3.64. The van der Waals surface area contributed by atoms with Crippen molar-refractivity contribution in [1.29, 1.82) is 0 Å². The zero-order valence-electron chi connectivity index (χ0n) is 7.74. The highest BCUT2D eigenvalue weighted by molar-refractivity contribution is 9.10. The van der Waals surface area contributed by atoms with E-state index < -0.39 is 12.1 Å². The fourth-order valence-corrected chi connectivity index (χ4v) is 1.56. The molecule has 0 aliphatic rings.